The summed E-state index contributed by atoms with van der Waals surface area (Å²) in [4.78, 5) is 0. The van der Waals surface area contributed by atoms with Crippen molar-refractivity contribution in [1.29, 1.82) is 5.26 Å². The summed E-state index contributed by atoms with van der Waals surface area (Å²) < 4.78 is 18.2. The van der Waals surface area contributed by atoms with Gasteiger partial charge in [0.25, 0.3) is 0 Å². The Bertz CT molecular complexity index is 1230. The fraction of sp³-hybridized carbons (Fsp3) is 0.217. The maximum Gasteiger partial charge on any atom is 0.244 e. The molecule has 1 aliphatic heterocycles. The molecule has 32 heavy (non-hydrogen) atoms. The summed E-state index contributed by atoms with van der Waals surface area (Å²) in [6.07, 6.45) is 0. The Morgan fingerprint density at radius 3 is 2.72 bits per heavy atom. The van der Waals surface area contributed by atoms with Gasteiger partial charge in [-0.3, -0.25) is 5.10 Å². The van der Waals surface area contributed by atoms with Gasteiger partial charge in [0.05, 0.1) is 17.0 Å². The van der Waals surface area contributed by atoms with Gasteiger partial charge in [-0.2, -0.15) is 5.26 Å². The van der Waals surface area contributed by atoms with Gasteiger partial charge in [0.2, 0.25) is 11.8 Å². The van der Waals surface area contributed by atoms with Gasteiger partial charge in [-0.1, -0.05) is 23.7 Å². The molecule has 2 heterocycles. The lowest BCUT2D eigenvalue weighted by Crippen LogP contribution is -2.21. The molecule has 0 saturated heterocycles. The first-order chi connectivity index (χ1) is 15.4. The maximum absolute atomic E-state index is 9.80. The van der Waals surface area contributed by atoms with Crippen molar-refractivity contribution in [3.05, 3.63) is 79.7 Å². The SMILES string of the molecule is CCOc1cc([C@H]2C(C#N)=C(N)Oc3n[nH]c(C)c32)cc(Br)c1OCc1ccc(Cl)cc1. The first-order valence-electron chi connectivity index (χ1n) is 9.88. The molecule has 0 aliphatic carbocycles. The highest BCUT2D eigenvalue weighted by Crippen LogP contribution is 2.46. The molecule has 0 radical (unpaired) electrons. The average molecular weight is 516 g/mol. The number of halogens is 2. The molecule has 0 amide bonds. The molecule has 2 aromatic carbocycles. The third-order valence-corrected chi connectivity index (χ3v) is 5.93. The quantitative estimate of drug-likeness (QED) is 0.460. The van der Waals surface area contributed by atoms with E-state index in [1.54, 1.807) is 0 Å². The summed E-state index contributed by atoms with van der Waals surface area (Å²) >= 11 is 9.58. The van der Waals surface area contributed by atoms with Gasteiger partial charge in [-0.15, -0.1) is 5.10 Å². The molecule has 0 saturated carbocycles. The number of rotatable bonds is 6. The number of hydrogen-bond acceptors (Lipinski definition) is 6. The van der Waals surface area contributed by atoms with Crippen molar-refractivity contribution in [2.24, 2.45) is 5.73 Å². The van der Waals surface area contributed by atoms with E-state index >= 15 is 0 Å². The lowest BCUT2D eigenvalue weighted by atomic mass is 9.84. The Balaban J connectivity index is 1.75. The summed E-state index contributed by atoms with van der Waals surface area (Å²) in [7, 11) is 0. The zero-order valence-corrected chi connectivity index (χ0v) is 19.8. The number of aryl methyl sites for hydroxylation is 1. The number of nitriles is 1. The van der Waals surface area contributed by atoms with E-state index in [1.165, 1.54) is 0 Å². The van der Waals surface area contributed by atoms with Crippen LogP contribution in [0.15, 0.2) is 52.3 Å². The highest BCUT2D eigenvalue weighted by molar-refractivity contribution is 9.10. The smallest absolute Gasteiger partial charge is 0.244 e. The number of benzene rings is 2. The van der Waals surface area contributed by atoms with Crippen LogP contribution in [0.25, 0.3) is 0 Å². The van der Waals surface area contributed by atoms with Gasteiger partial charge in [0.15, 0.2) is 11.5 Å². The number of allylic oxidation sites excluding steroid dienone is 1. The zero-order valence-electron chi connectivity index (χ0n) is 17.4. The third kappa shape index (κ3) is 4.14. The van der Waals surface area contributed by atoms with Crippen molar-refractivity contribution in [2.45, 2.75) is 26.4 Å². The van der Waals surface area contributed by atoms with Gasteiger partial charge >= 0.3 is 0 Å². The Labute approximate surface area is 198 Å². The molecule has 0 spiro atoms. The van der Waals surface area contributed by atoms with Gasteiger partial charge in [-0.25, -0.2) is 0 Å². The molecule has 9 heteroatoms. The Morgan fingerprint density at radius 1 is 1.28 bits per heavy atom. The highest BCUT2D eigenvalue weighted by atomic mass is 79.9. The topological polar surface area (TPSA) is 106 Å². The van der Waals surface area contributed by atoms with Crippen LogP contribution in [0.1, 0.15) is 35.2 Å². The van der Waals surface area contributed by atoms with E-state index < -0.39 is 5.92 Å². The number of ether oxygens (including phenoxy) is 3. The van der Waals surface area contributed by atoms with Crippen LogP contribution in [0.5, 0.6) is 17.4 Å². The molecule has 164 valence electrons. The molecule has 3 aromatic rings. The van der Waals surface area contributed by atoms with E-state index in [0.29, 0.717) is 45.7 Å². The first kappa shape index (κ1) is 22.1. The van der Waals surface area contributed by atoms with Crippen LogP contribution in [-0.4, -0.2) is 16.8 Å². The van der Waals surface area contributed by atoms with Crippen molar-refractivity contribution >= 4 is 27.5 Å². The fourth-order valence-electron chi connectivity index (χ4n) is 3.63. The summed E-state index contributed by atoms with van der Waals surface area (Å²) in [5, 5.41) is 17.5. The molecule has 1 atom stereocenters. The molecular formula is C23H20BrClN4O3. The largest absolute Gasteiger partial charge is 0.490 e. The fourth-order valence-corrected chi connectivity index (χ4v) is 4.33. The van der Waals surface area contributed by atoms with Gasteiger partial charge < -0.3 is 19.9 Å². The predicted octanol–water partition coefficient (Wildman–Crippen LogP) is 5.33. The summed E-state index contributed by atoms with van der Waals surface area (Å²) in [5.41, 5.74) is 9.67. The Morgan fingerprint density at radius 2 is 2.03 bits per heavy atom. The zero-order chi connectivity index (χ0) is 22.8. The minimum atomic E-state index is -0.455. The standard InChI is InChI=1S/C23H20BrClN4O3/c1-3-30-18-9-14(8-17(24)21(18)31-11-13-4-6-15(25)7-5-13)20-16(10-26)22(27)32-23-19(20)12(2)28-29-23/h4-9,20H,3,11,27H2,1-2H3,(H,28,29)/t20-/m0/s1. The second kappa shape index (κ2) is 9.15. The third-order valence-electron chi connectivity index (χ3n) is 5.09. The van der Waals surface area contributed by atoms with E-state index in [-0.39, 0.29) is 5.88 Å². The molecule has 4 rings (SSSR count). The molecule has 0 fully saturated rings. The highest BCUT2D eigenvalue weighted by Gasteiger charge is 2.35. The first-order valence-corrected chi connectivity index (χ1v) is 11.1. The molecule has 1 aliphatic rings. The van der Waals surface area contributed by atoms with E-state index in [4.69, 9.17) is 31.5 Å². The van der Waals surface area contributed by atoms with Gasteiger partial charge in [0.1, 0.15) is 18.2 Å². The molecule has 3 N–H and O–H groups in total. The number of aromatic amines is 1. The molecule has 7 nitrogen and oxygen atoms in total. The van der Waals surface area contributed by atoms with E-state index in [0.717, 1.165) is 22.4 Å². The van der Waals surface area contributed by atoms with Crippen molar-refractivity contribution in [2.75, 3.05) is 6.61 Å². The average Bonchev–Trinajstić information content (AvgIpc) is 3.13. The van der Waals surface area contributed by atoms with Gasteiger partial charge in [0, 0.05) is 16.3 Å². The molecular weight excluding hydrogens is 496 g/mol. The predicted molar refractivity (Wildman–Crippen MR) is 124 cm³/mol. The molecule has 0 unspecified atom stereocenters. The summed E-state index contributed by atoms with van der Waals surface area (Å²) in [6.45, 7) is 4.56. The lowest BCUT2D eigenvalue weighted by Gasteiger charge is -2.25. The van der Waals surface area contributed by atoms with E-state index in [2.05, 4.69) is 32.2 Å². The van der Waals surface area contributed by atoms with Crippen molar-refractivity contribution in [3.63, 3.8) is 0 Å². The second-order valence-corrected chi connectivity index (χ2v) is 8.46. The van der Waals surface area contributed by atoms with E-state index in [1.807, 2.05) is 50.2 Å². The van der Waals surface area contributed by atoms with Crippen molar-refractivity contribution < 1.29 is 14.2 Å². The number of aromatic nitrogens is 2. The lowest BCUT2D eigenvalue weighted by molar-refractivity contribution is 0.267. The maximum atomic E-state index is 9.80. The van der Waals surface area contributed by atoms with Crippen LogP contribution in [0, 0.1) is 18.3 Å². The summed E-state index contributed by atoms with van der Waals surface area (Å²) in [6, 6.07) is 13.4. The number of nitrogens with one attached hydrogen (secondary N) is 1. The van der Waals surface area contributed by atoms with Crippen LogP contribution in [0.2, 0.25) is 5.02 Å². The van der Waals surface area contributed by atoms with Crippen LogP contribution in [0.4, 0.5) is 0 Å². The van der Waals surface area contributed by atoms with Crippen LogP contribution >= 0.6 is 27.5 Å². The van der Waals surface area contributed by atoms with Crippen LogP contribution in [-0.2, 0) is 6.61 Å². The molecule has 1 aromatic heterocycles. The number of H-pyrrole nitrogens is 1. The van der Waals surface area contributed by atoms with Gasteiger partial charge in [-0.05, 0) is 65.2 Å². The number of fused-ring (bicyclic) bond motifs is 1. The summed E-state index contributed by atoms with van der Waals surface area (Å²) in [5.74, 6) is 1.06. The Kier molecular flexibility index (Phi) is 6.31. The van der Waals surface area contributed by atoms with Crippen molar-refractivity contribution in [3.8, 4) is 23.4 Å². The number of nitrogens with two attached hydrogens (primary N) is 1. The minimum absolute atomic E-state index is 0.0358. The van der Waals surface area contributed by atoms with E-state index in [9.17, 15) is 5.26 Å². The minimum Gasteiger partial charge on any atom is -0.490 e. The normalized spacial score (nSPS) is 15.0. The monoisotopic (exact) mass is 514 g/mol. The van der Waals surface area contributed by atoms with Crippen molar-refractivity contribution in [1.82, 2.24) is 10.2 Å². The Hall–Kier alpha value is -3.15. The van der Waals surface area contributed by atoms with Crippen LogP contribution in [0.3, 0.4) is 0 Å². The number of nitrogens with zero attached hydrogens (tertiary/aromatic N) is 2. The molecule has 0 bridgehead atoms. The second-order valence-electron chi connectivity index (χ2n) is 7.17. The van der Waals surface area contributed by atoms with Crippen LogP contribution < -0.4 is 19.9 Å². The number of hydrogen-bond donors (Lipinski definition) is 2.